The standard InChI is InChI=1S/C18H15NO6/c1-11-9-14(21)17(18(22)25-11)13(20)5-3-12-4-6-15(24-8-7-19)16(10-12)23-2/h3-6,9-10,17H,8H2,1-2H3/b5-3+. The molecule has 1 aromatic rings. The van der Waals surface area contributed by atoms with Gasteiger partial charge in [-0.1, -0.05) is 12.1 Å². The summed E-state index contributed by atoms with van der Waals surface area (Å²) in [6.45, 7) is 1.34. The van der Waals surface area contributed by atoms with Gasteiger partial charge in [0, 0.05) is 6.08 Å². The van der Waals surface area contributed by atoms with Crippen LogP contribution in [0.1, 0.15) is 12.5 Å². The molecular weight excluding hydrogens is 326 g/mol. The van der Waals surface area contributed by atoms with Gasteiger partial charge in [0.05, 0.1) is 7.11 Å². The molecule has 0 N–H and O–H groups in total. The molecule has 1 unspecified atom stereocenters. The van der Waals surface area contributed by atoms with Crippen molar-refractivity contribution < 1.29 is 28.6 Å². The molecule has 0 aromatic heterocycles. The Hall–Kier alpha value is -3.40. The van der Waals surface area contributed by atoms with Crippen molar-refractivity contribution in [3.8, 4) is 17.6 Å². The number of rotatable bonds is 6. The molecule has 0 saturated carbocycles. The van der Waals surface area contributed by atoms with Crippen LogP contribution in [0.25, 0.3) is 6.08 Å². The van der Waals surface area contributed by atoms with Crippen LogP contribution in [-0.4, -0.2) is 31.3 Å². The zero-order valence-electron chi connectivity index (χ0n) is 13.6. The van der Waals surface area contributed by atoms with E-state index in [-0.39, 0.29) is 12.4 Å². The van der Waals surface area contributed by atoms with Crippen LogP contribution in [-0.2, 0) is 19.1 Å². The molecule has 1 aliphatic rings. The van der Waals surface area contributed by atoms with Crippen molar-refractivity contribution in [2.75, 3.05) is 13.7 Å². The average molecular weight is 341 g/mol. The van der Waals surface area contributed by atoms with Crippen molar-refractivity contribution in [1.29, 1.82) is 5.26 Å². The zero-order valence-corrected chi connectivity index (χ0v) is 13.6. The third-order valence-electron chi connectivity index (χ3n) is 3.33. The quantitative estimate of drug-likeness (QED) is 0.442. The number of hydrogen-bond donors (Lipinski definition) is 0. The SMILES string of the molecule is COc1cc(/C=C/C(=O)C2C(=O)C=C(C)OC2=O)ccc1OCC#N. The number of nitrogens with zero attached hydrogens (tertiary/aromatic N) is 1. The third-order valence-corrected chi connectivity index (χ3v) is 3.33. The number of ketones is 2. The highest BCUT2D eigenvalue weighted by Crippen LogP contribution is 2.28. The Morgan fingerprint density at radius 2 is 2.12 bits per heavy atom. The minimum absolute atomic E-state index is 0.122. The van der Waals surface area contributed by atoms with E-state index in [2.05, 4.69) is 0 Å². The third kappa shape index (κ3) is 4.32. The summed E-state index contributed by atoms with van der Waals surface area (Å²) >= 11 is 0. The maximum Gasteiger partial charge on any atom is 0.329 e. The van der Waals surface area contributed by atoms with Gasteiger partial charge in [-0.3, -0.25) is 14.4 Å². The summed E-state index contributed by atoms with van der Waals surface area (Å²) in [5.74, 6) is -2.67. The lowest BCUT2D eigenvalue weighted by Crippen LogP contribution is -2.34. The Balaban J connectivity index is 2.16. The molecule has 2 rings (SSSR count). The van der Waals surface area contributed by atoms with Gasteiger partial charge in [0.1, 0.15) is 11.8 Å². The fourth-order valence-corrected chi connectivity index (χ4v) is 2.19. The van der Waals surface area contributed by atoms with Crippen LogP contribution in [0.5, 0.6) is 11.5 Å². The number of allylic oxidation sites excluding steroid dienone is 3. The molecular formula is C18H15NO6. The second kappa shape index (κ2) is 7.93. The molecule has 1 atom stereocenters. The summed E-state index contributed by atoms with van der Waals surface area (Å²) < 4.78 is 15.2. The Labute approximate surface area is 144 Å². The number of methoxy groups -OCH3 is 1. The lowest BCUT2D eigenvalue weighted by atomic mass is 9.96. The molecule has 1 heterocycles. The molecule has 0 saturated heterocycles. The predicted molar refractivity (Wildman–Crippen MR) is 86.5 cm³/mol. The van der Waals surface area contributed by atoms with Gasteiger partial charge in [0.25, 0.3) is 0 Å². The number of carbonyl (C=O) groups excluding carboxylic acids is 3. The molecule has 7 heteroatoms. The molecule has 0 fully saturated rings. The van der Waals surface area contributed by atoms with Crippen molar-refractivity contribution >= 4 is 23.6 Å². The van der Waals surface area contributed by atoms with E-state index in [9.17, 15) is 14.4 Å². The second-order valence-corrected chi connectivity index (χ2v) is 5.10. The second-order valence-electron chi connectivity index (χ2n) is 5.10. The number of ether oxygens (including phenoxy) is 3. The van der Waals surface area contributed by atoms with Gasteiger partial charge in [-0.05, 0) is 30.7 Å². The summed E-state index contributed by atoms with van der Waals surface area (Å²) in [4.78, 5) is 35.7. The lowest BCUT2D eigenvalue weighted by Gasteiger charge is -2.15. The van der Waals surface area contributed by atoms with Crippen LogP contribution in [0.15, 0.2) is 36.1 Å². The average Bonchev–Trinajstić information content (AvgIpc) is 2.57. The first-order valence-corrected chi connectivity index (χ1v) is 7.30. The van der Waals surface area contributed by atoms with E-state index in [0.29, 0.717) is 17.1 Å². The van der Waals surface area contributed by atoms with E-state index < -0.39 is 23.5 Å². The van der Waals surface area contributed by atoms with E-state index in [4.69, 9.17) is 19.5 Å². The lowest BCUT2D eigenvalue weighted by molar-refractivity contribution is -0.151. The molecule has 0 aliphatic carbocycles. The highest BCUT2D eigenvalue weighted by Gasteiger charge is 2.36. The van der Waals surface area contributed by atoms with Crippen molar-refractivity contribution in [3.63, 3.8) is 0 Å². The normalized spacial score (nSPS) is 16.8. The summed E-state index contributed by atoms with van der Waals surface area (Å²) in [6, 6.07) is 6.68. The molecule has 7 nitrogen and oxygen atoms in total. The smallest absolute Gasteiger partial charge is 0.329 e. The molecule has 1 aromatic carbocycles. The summed E-state index contributed by atoms with van der Waals surface area (Å²) in [5.41, 5.74) is 0.595. The minimum atomic E-state index is -1.47. The largest absolute Gasteiger partial charge is 0.493 e. The van der Waals surface area contributed by atoms with E-state index in [0.717, 1.165) is 12.2 Å². The molecule has 0 spiro atoms. The van der Waals surface area contributed by atoms with Crippen molar-refractivity contribution in [3.05, 3.63) is 41.7 Å². The van der Waals surface area contributed by atoms with Crippen molar-refractivity contribution in [2.45, 2.75) is 6.92 Å². The van der Waals surface area contributed by atoms with E-state index in [1.54, 1.807) is 18.2 Å². The first kappa shape index (κ1) is 17.9. The summed E-state index contributed by atoms with van der Waals surface area (Å²) in [6.07, 6.45) is 3.72. The first-order chi connectivity index (χ1) is 12.0. The van der Waals surface area contributed by atoms with Gasteiger partial charge in [0.15, 0.2) is 35.6 Å². The van der Waals surface area contributed by atoms with Gasteiger partial charge >= 0.3 is 5.97 Å². The molecule has 1 aliphatic heterocycles. The predicted octanol–water partition coefficient (Wildman–Crippen LogP) is 1.83. The Morgan fingerprint density at radius 1 is 1.36 bits per heavy atom. The Bertz CT molecular complexity index is 815. The van der Waals surface area contributed by atoms with Crippen LogP contribution in [0.4, 0.5) is 0 Å². The van der Waals surface area contributed by atoms with Gasteiger partial charge in [0.2, 0.25) is 0 Å². The van der Waals surface area contributed by atoms with Gasteiger partial charge in [-0.2, -0.15) is 5.26 Å². The highest BCUT2D eigenvalue weighted by molar-refractivity contribution is 6.25. The monoisotopic (exact) mass is 341 g/mol. The van der Waals surface area contributed by atoms with Gasteiger partial charge < -0.3 is 14.2 Å². The molecule has 0 bridgehead atoms. The Morgan fingerprint density at radius 3 is 2.76 bits per heavy atom. The van der Waals surface area contributed by atoms with Crippen molar-refractivity contribution in [1.82, 2.24) is 0 Å². The summed E-state index contributed by atoms with van der Waals surface area (Å²) in [5, 5.41) is 8.54. The van der Waals surface area contributed by atoms with Crippen LogP contribution >= 0.6 is 0 Å². The minimum Gasteiger partial charge on any atom is -0.493 e. The number of benzene rings is 1. The van der Waals surface area contributed by atoms with Gasteiger partial charge in [-0.15, -0.1) is 0 Å². The van der Waals surface area contributed by atoms with Crippen LogP contribution < -0.4 is 9.47 Å². The van der Waals surface area contributed by atoms with E-state index >= 15 is 0 Å². The van der Waals surface area contributed by atoms with Crippen LogP contribution in [0.3, 0.4) is 0 Å². The number of hydrogen-bond acceptors (Lipinski definition) is 7. The molecule has 0 amide bonds. The first-order valence-electron chi connectivity index (χ1n) is 7.30. The number of cyclic esters (lactones) is 1. The fraction of sp³-hybridized carbons (Fsp3) is 0.222. The van der Waals surface area contributed by atoms with Crippen LogP contribution in [0, 0.1) is 17.2 Å². The zero-order chi connectivity index (χ0) is 18.4. The fourth-order valence-electron chi connectivity index (χ4n) is 2.19. The topological polar surface area (TPSA) is 103 Å². The van der Waals surface area contributed by atoms with Gasteiger partial charge in [-0.25, -0.2) is 0 Å². The summed E-state index contributed by atoms with van der Waals surface area (Å²) in [7, 11) is 1.44. The van der Waals surface area contributed by atoms with E-state index in [1.165, 1.54) is 20.1 Å². The number of esters is 1. The highest BCUT2D eigenvalue weighted by atomic mass is 16.5. The number of nitriles is 1. The maximum absolute atomic E-state index is 12.1. The molecule has 25 heavy (non-hydrogen) atoms. The van der Waals surface area contributed by atoms with Crippen LogP contribution in [0.2, 0.25) is 0 Å². The maximum atomic E-state index is 12.1. The molecule has 128 valence electrons. The number of carbonyl (C=O) groups is 3. The van der Waals surface area contributed by atoms with E-state index in [1.807, 2.05) is 6.07 Å². The molecule has 0 radical (unpaired) electrons. The van der Waals surface area contributed by atoms with Crippen molar-refractivity contribution in [2.24, 2.45) is 5.92 Å². The Kier molecular flexibility index (Phi) is 5.69.